The molecule has 0 unspecified atom stereocenters. The van der Waals surface area contributed by atoms with Crippen LogP contribution < -0.4 is 4.90 Å². The minimum absolute atomic E-state index is 0.0812. The molecule has 1 N–H and O–H groups in total. The second kappa shape index (κ2) is 6.07. The minimum Gasteiger partial charge on any atom is -0.392 e. The molecule has 0 atom stereocenters. The van der Waals surface area contributed by atoms with E-state index < -0.39 is 0 Å². The van der Waals surface area contributed by atoms with Gasteiger partial charge in [0, 0.05) is 18.8 Å². The summed E-state index contributed by atoms with van der Waals surface area (Å²) in [5, 5.41) is 9.09. The van der Waals surface area contributed by atoms with Crippen LogP contribution in [0.1, 0.15) is 5.56 Å². The second-order valence-electron chi connectivity index (χ2n) is 4.92. The molecule has 103 valence electrons. The normalized spacial score (nSPS) is 15.3. The third-order valence-corrected chi connectivity index (χ3v) is 3.61. The monoisotopic (exact) mass is 268 g/mol. The maximum Gasteiger partial charge on any atom is 0.0681 e. The van der Waals surface area contributed by atoms with Gasteiger partial charge in [0.25, 0.3) is 0 Å². The molecule has 0 amide bonds. The molecule has 1 radical (unpaired) electrons. The molecule has 3 rings (SSSR count). The van der Waals surface area contributed by atoms with Crippen molar-refractivity contribution in [3.63, 3.8) is 0 Å². The van der Waals surface area contributed by atoms with Gasteiger partial charge in [-0.1, -0.05) is 30.3 Å². The Labute approximate surface area is 119 Å². The molecule has 2 aromatic rings. The number of nitrogens with zero attached hydrogens (tertiary/aromatic N) is 1. The van der Waals surface area contributed by atoms with Gasteiger partial charge in [-0.15, -0.1) is 0 Å². The molecule has 3 heteroatoms. The first-order valence-electron chi connectivity index (χ1n) is 6.91. The lowest BCUT2D eigenvalue weighted by Crippen LogP contribution is -2.36. The average molecular weight is 268 g/mol. The van der Waals surface area contributed by atoms with Crippen molar-refractivity contribution >= 4 is 5.69 Å². The fraction of sp³-hybridized carbons (Fsp3) is 0.294. The molecular formula is C17H18NO2. The number of aliphatic hydroxyl groups excluding tert-OH is 1. The Bertz CT molecular complexity index is 559. The van der Waals surface area contributed by atoms with Gasteiger partial charge in [0.2, 0.25) is 0 Å². The van der Waals surface area contributed by atoms with Gasteiger partial charge in [-0.05, 0) is 34.9 Å². The third-order valence-electron chi connectivity index (χ3n) is 3.61. The summed E-state index contributed by atoms with van der Waals surface area (Å²) in [7, 11) is 0. The van der Waals surface area contributed by atoms with Crippen LogP contribution in [0.5, 0.6) is 0 Å². The molecule has 20 heavy (non-hydrogen) atoms. The Morgan fingerprint density at radius 3 is 2.55 bits per heavy atom. The summed E-state index contributed by atoms with van der Waals surface area (Å²) in [6.45, 7) is 3.54. The zero-order chi connectivity index (χ0) is 13.8. The third kappa shape index (κ3) is 2.84. The van der Waals surface area contributed by atoms with Crippen LogP contribution in [0, 0.1) is 6.07 Å². The maximum absolute atomic E-state index is 9.09. The molecule has 3 nitrogen and oxygen atoms in total. The highest BCUT2D eigenvalue weighted by Crippen LogP contribution is 2.25. The van der Waals surface area contributed by atoms with E-state index >= 15 is 0 Å². The first-order valence-corrected chi connectivity index (χ1v) is 6.91. The summed E-state index contributed by atoms with van der Waals surface area (Å²) in [6.07, 6.45) is 0. The highest BCUT2D eigenvalue weighted by atomic mass is 16.5. The van der Waals surface area contributed by atoms with Crippen LogP contribution >= 0.6 is 0 Å². The highest BCUT2D eigenvalue weighted by Gasteiger charge is 2.11. The van der Waals surface area contributed by atoms with Crippen molar-refractivity contribution in [2.24, 2.45) is 0 Å². The molecule has 0 saturated carbocycles. The predicted octanol–water partition coefficient (Wildman–Crippen LogP) is 2.48. The van der Waals surface area contributed by atoms with E-state index in [0.717, 1.165) is 43.0 Å². The molecule has 1 aliphatic heterocycles. The first kappa shape index (κ1) is 13.2. The Hall–Kier alpha value is -1.84. The lowest BCUT2D eigenvalue weighted by Gasteiger charge is -2.29. The fourth-order valence-corrected chi connectivity index (χ4v) is 2.43. The molecule has 0 aliphatic carbocycles. The number of hydrogen-bond donors (Lipinski definition) is 1. The number of benzene rings is 2. The van der Waals surface area contributed by atoms with E-state index in [4.69, 9.17) is 9.84 Å². The largest absolute Gasteiger partial charge is 0.392 e. The van der Waals surface area contributed by atoms with Crippen molar-refractivity contribution < 1.29 is 9.84 Å². The molecule has 1 heterocycles. The number of morpholine rings is 1. The lowest BCUT2D eigenvalue weighted by atomic mass is 10.0. The molecule has 0 aromatic heterocycles. The predicted molar refractivity (Wildman–Crippen MR) is 79.7 cm³/mol. The van der Waals surface area contributed by atoms with Crippen LogP contribution in [0.15, 0.2) is 42.5 Å². The van der Waals surface area contributed by atoms with Crippen LogP contribution in [0.3, 0.4) is 0 Å². The number of anilines is 1. The summed E-state index contributed by atoms with van der Waals surface area (Å²) in [5.41, 5.74) is 4.35. The summed E-state index contributed by atoms with van der Waals surface area (Å²) >= 11 is 0. The molecule has 0 bridgehead atoms. The maximum atomic E-state index is 9.09. The van der Waals surface area contributed by atoms with E-state index in [-0.39, 0.29) is 6.61 Å². The lowest BCUT2D eigenvalue weighted by molar-refractivity contribution is 0.122. The van der Waals surface area contributed by atoms with Crippen molar-refractivity contribution in [3.8, 4) is 11.1 Å². The van der Waals surface area contributed by atoms with Crippen molar-refractivity contribution in [2.45, 2.75) is 6.61 Å². The van der Waals surface area contributed by atoms with Gasteiger partial charge in [-0.3, -0.25) is 0 Å². The van der Waals surface area contributed by atoms with E-state index in [9.17, 15) is 0 Å². The Morgan fingerprint density at radius 1 is 1.10 bits per heavy atom. The zero-order valence-corrected chi connectivity index (χ0v) is 11.4. The van der Waals surface area contributed by atoms with Crippen LogP contribution in [0.2, 0.25) is 0 Å². The number of ether oxygens (including phenoxy) is 1. The summed E-state index contributed by atoms with van der Waals surface area (Å²) in [4.78, 5) is 2.34. The molecular weight excluding hydrogens is 250 g/mol. The van der Waals surface area contributed by atoms with Crippen molar-refractivity contribution in [1.29, 1.82) is 0 Å². The number of rotatable bonds is 3. The van der Waals surface area contributed by atoms with Crippen LogP contribution in [0.25, 0.3) is 11.1 Å². The Kier molecular flexibility index (Phi) is 4.00. The average Bonchev–Trinajstić information content (AvgIpc) is 2.56. The SMILES string of the molecule is OCc1ccc(-c2[c]ccc(N3CCOCC3)c2)cc1. The highest BCUT2D eigenvalue weighted by molar-refractivity contribution is 5.68. The van der Waals surface area contributed by atoms with Gasteiger partial charge in [0.1, 0.15) is 0 Å². The molecule has 1 fully saturated rings. The number of aliphatic hydroxyl groups is 1. The molecule has 1 aliphatic rings. The first-order chi connectivity index (χ1) is 9.86. The fourth-order valence-electron chi connectivity index (χ4n) is 2.43. The van der Waals surface area contributed by atoms with E-state index in [1.165, 1.54) is 5.69 Å². The van der Waals surface area contributed by atoms with Gasteiger partial charge in [0.15, 0.2) is 0 Å². The van der Waals surface area contributed by atoms with Gasteiger partial charge >= 0.3 is 0 Å². The van der Waals surface area contributed by atoms with Gasteiger partial charge in [-0.25, -0.2) is 0 Å². The van der Waals surface area contributed by atoms with Crippen LogP contribution in [0.4, 0.5) is 5.69 Å². The zero-order valence-electron chi connectivity index (χ0n) is 11.4. The number of hydrogen-bond acceptors (Lipinski definition) is 3. The van der Waals surface area contributed by atoms with Crippen LogP contribution in [-0.4, -0.2) is 31.4 Å². The van der Waals surface area contributed by atoms with E-state index in [2.05, 4.69) is 23.1 Å². The van der Waals surface area contributed by atoms with Crippen molar-refractivity contribution in [3.05, 3.63) is 54.1 Å². The Balaban J connectivity index is 1.85. The molecule has 2 aromatic carbocycles. The van der Waals surface area contributed by atoms with Gasteiger partial charge in [-0.2, -0.15) is 0 Å². The summed E-state index contributed by atoms with van der Waals surface area (Å²) in [6, 6.07) is 17.5. The van der Waals surface area contributed by atoms with Gasteiger partial charge < -0.3 is 14.7 Å². The van der Waals surface area contributed by atoms with Gasteiger partial charge in [0.05, 0.1) is 19.8 Å². The summed E-state index contributed by atoms with van der Waals surface area (Å²) < 4.78 is 5.39. The van der Waals surface area contributed by atoms with E-state index in [0.29, 0.717) is 0 Å². The van der Waals surface area contributed by atoms with Crippen molar-refractivity contribution in [2.75, 3.05) is 31.2 Å². The van der Waals surface area contributed by atoms with E-state index in [1.807, 2.05) is 30.3 Å². The Morgan fingerprint density at radius 2 is 1.85 bits per heavy atom. The topological polar surface area (TPSA) is 32.7 Å². The smallest absolute Gasteiger partial charge is 0.0681 e. The molecule has 1 saturated heterocycles. The minimum atomic E-state index is 0.0812. The summed E-state index contributed by atoms with van der Waals surface area (Å²) in [5.74, 6) is 0. The van der Waals surface area contributed by atoms with Crippen molar-refractivity contribution in [1.82, 2.24) is 0 Å². The van der Waals surface area contributed by atoms with Crippen LogP contribution in [-0.2, 0) is 11.3 Å². The molecule has 0 spiro atoms. The standard InChI is InChI=1S/C17H18NO2/c19-13-14-4-6-15(7-5-14)16-2-1-3-17(12-16)18-8-10-20-11-9-18/h1,3-7,12,19H,8-11,13H2. The second-order valence-corrected chi connectivity index (χ2v) is 4.92. The quantitative estimate of drug-likeness (QED) is 0.928. The van der Waals surface area contributed by atoms with E-state index in [1.54, 1.807) is 0 Å².